The minimum absolute atomic E-state index is 0.137. The number of hydrogen-bond acceptors (Lipinski definition) is 5. The van der Waals surface area contributed by atoms with E-state index in [2.05, 4.69) is 0 Å². The third-order valence-corrected chi connectivity index (χ3v) is 3.38. The van der Waals surface area contributed by atoms with Crippen molar-refractivity contribution in [1.82, 2.24) is 0 Å². The average Bonchev–Trinajstić information content (AvgIpc) is 2.09. The van der Waals surface area contributed by atoms with Crippen molar-refractivity contribution in [2.75, 3.05) is 19.0 Å². The summed E-state index contributed by atoms with van der Waals surface area (Å²) >= 11 is 0. The first kappa shape index (κ1) is 14.1. The van der Waals surface area contributed by atoms with Gasteiger partial charge in [-0.05, 0) is 6.42 Å². The molecule has 0 saturated heterocycles. The number of aliphatic carboxylic acids is 2. The molecule has 0 fully saturated rings. The normalized spacial score (nSPS) is 14.5. The molecule has 88 valence electrons. The van der Waals surface area contributed by atoms with Gasteiger partial charge < -0.3 is 30.0 Å². The lowest BCUT2D eigenvalue weighted by molar-refractivity contribution is -0.638. The highest BCUT2D eigenvalue weighted by Gasteiger charge is 2.19. The lowest BCUT2D eigenvalue weighted by atomic mass is 10.4. The summed E-state index contributed by atoms with van der Waals surface area (Å²) < 4.78 is 11.2. The Morgan fingerprint density at radius 2 is 1.73 bits per heavy atom. The zero-order valence-corrected chi connectivity index (χ0v) is 8.94. The zero-order chi connectivity index (χ0) is 11.9. The molecule has 0 spiro atoms. The van der Waals surface area contributed by atoms with Gasteiger partial charge in [0.15, 0.2) is 6.29 Å². The van der Waals surface area contributed by atoms with Crippen molar-refractivity contribution in [2.24, 2.45) is 0 Å². The van der Waals surface area contributed by atoms with Crippen molar-refractivity contribution in [3.63, 3.8) is 0 Å². The van der Waals surface area contributed by atoms with Crippen molar-refractivity contribution in [3.05, 3.63) is 0 Å². The molecule has 0 aromatic rings. The topological polar surface area (TPSA) is 134 Å². The molecule has 0 rings (SSSR count). The van der Waals surface area contributed by atoms with Crippen molar-refractivity contribution in [2.45, 2.75) is 12.8 Å². The van der Waals surface area contributed by atoms with Gasteiger partial charge in [-0.2, -0.15) is 0 Å². The Balaban J connectivity index is 3.69. The molecule has 0 heterocycles. The molecule has 0 aliphatic rings. The second-order valence-electron chi connectivity index (χ2n) is 3.07. The summed E-state index contributed by atoms with van der Waals surface area (Å²) in [5.41, 5.74) is 0. The Morgan fingerprint density at radius 3 is 2.20 bits per heavy atom. The van der Waals surface area contributed by atoms with Crippen LogP contribution in [-0.4, -0.2) is 35.8 Å². The zero-order valence-electron chi connectivity index (χ0n) is 8.05. The molecule has 7 nitrogen and oxygen atoms in total. The van der Waals surface area contributed by atoms with Gasteiger partial charge in [0, 0.05) is 24.5 Å². The highest BCUT2D eigenvalue weighted by molar-refractivity contribution is 7.57. The summed E-state index contributed by atoms with van der Waals surface area (Å²) in [6.45, 7) is 0.137. The third-order valence-electron chi connectivity index (χ3n) is 1.63. The summed E-state index contributed by atoms with van der Waals surface area (Å²) in [6, 6.07) is 0. The van der Waals surface area contributed by atoms with Crippen LogP contribution in [0, 0.1) is 0 Å². The van der Waals surface area contributed by atoms with Gasteiger partial charge in [-0.1, -0.05) is 0 Å². The fourth-order valence-corrected chi connectivity index (χ4v) is 2.17. The number of carboxylic acids is 2. The number of quaternary nitrogens is 1. The Bertz CT molecular complexity index is 279. The molecule has 1 unspecified atom stereocenters. The van der Waals surface area contributed by atoms with Gasteiger partial charge >= 0.3 is 0 Å². The molecular weight excluding hydrogens is 225 g/mol. The SMILES string of the molecule is O=C([O-])CC[NH2+]CP(=O)(O)CCC(=O)[O-]. The van der Waals surface area contributed by atoms with E-state index in [1.807, 2.05) is 0 Å². The summed E-state index contributed by atoms with van der Waals surface area (Å²) in [7, 11) is -3.50. The molecule has 0 radical (unpaired) electrons. The van der Waals surface area contributed by atoms with Crippen LogP contribution >= 0.6 is 7.37 Å². The smallest absolute Gasteiger partial charge is 0.253 e. The Kier molecular flexibility index (Phi) is 6.15. The van der Waals surface area contributed by atoms with Gasteiger partial charge in [-0.25, -0.2) is 0 Å². The van der Waals surface area contributed by atoms with Crippen LogP contribution in [-0.2, 0) is 14.2 Å². The number of rotatable bonds is 8. The van der Waals surface area contributed by atoms with E-state index in [9.17, 15) is 29.3 Å². The molecule has 0 amide bonds. The summed E-state index contributed by atoms with van der Waals surface area (Å²) in [4.78, 5) is 29.2. The van der Waals surface area contributed by atoms with E-state index in [4.69, 9.17) is 0 Å². The molecule has 8 heteroatoms. The fraction of sp³-hybridized carbons (Fsp3) is 0.714. The highest BCUT2D eigenvalue weighted by atomic mass is 31.2. The molecule has 0 aliphatic heterocycles. The van der Waals surface area contributed by atoms with Crippen LogP contribution in [0.5, 0.6) is 0 Å². The van der Waals surface area contributed by atoms with Gasteiger partial charge in [-0.15, -0.1) is 0 Å². The van der Waals surface area contributed by atoms with E-state index in [0.717, 1.165) is 0 Å². The number of carboxylic acid groups (broad SMARTS) is 2. The van der Waals surface area contributed by atoms with Gasteiger partial charge in [0.2, 0.25) is 0 Å². The maximum absolute atomic E-state index is 11.2. The van der Waals surface area contributed by atoms with E-state index >= 15 is 0 Å². The number of hydrogen-bond donors (Lipinski definition) is 2. The maximum atomic E-state index is 11.2. The van der Waals surface area contributed by atoms with Crippen LogP contribution in [0.15, 0.2) is 0 Å². The summed E-state index contributed by atoms with van der Waals surface area (Å²) in [5, 5.41) is 21.4. The van der Waals surface area contributed by atoms with Crippen LogP contribution in [0.25, 0.3) is 0 Å². The van der Waals surface area contributed by atoms with E-state index in [-0.39, 0.29) is 25.4 Å². The van der Waals surface area contributed by atoms with Crippen LogP contribution in [0.4, 0.5) is 0 Å². The first-order valence-corrected chi connectivity index (χ1v) is 6.39. The van der Waals surface area contributed by atoms with Crippen molar-refractivity contribution in [3.8, 4) is 0 Å². The Hall–Kier alpha value is -0.910. The summed E-state index contributed by atoms with van der Waals surface area (Å²) in [5.74, 6) is -2.60. The molecule has 0 aromatic heterocycles. The second kappa shape index (κ2) is 6.55. The van der Waals surface area contributed by atoms with E-state index in [1.54, 1.807) is 0 Å². The van der Waals surface area contributed by atoms with Gasteiger partial charge in [-0.3, -0.25) is 4.57 Å². The number of carbonyl (C=O) groups is 2. The Labute approximate surface area is 86.6 Å². The first-order chi connectivity index (χ1) is 6.83. The van der Waals surface area contributed by atoms with Crippen LogP contribution < -0.4 is 15.5 Å². The lowest BCUT2D eigenvalue weighted by Gasteiger charge is -2.10. The van der Waals surface area contributed by atoms with E-state index < -0.39 is 25.7 Å². The second-order valence-corrected chi connectivity index (χ2v) is 5.58. The van der Waals surface area contributed by atoms with Gasteiger partial charge in [0.1, 0.15) is 0 Å². The number of carbonyl (C=O) groups excluding carboxylic acids is 2. The minimum atomic E-state index is -3.50. The van der Waals surface area contributed by atoms with Gasteiger partial charge in [0.05, 0.1) is 6.54 Å². The minimum Gasteiger partial charge on any atom is -0.550 e. The molecular formula is C7H13NO6P-. The lowest BCUT2D eigenvalue weighted by Crippen LogP contribution is -2.84. The molecule has 0 bridgehead atoms. The first-order valence-electron chi connectivity index (χ1n) is 4.36. The Morgan fingerprint density at radius 1 is 1.20 bits per heavy atom. The molecule has 0 saturated carbocycles. The fourth-order valence-electron chi connectivity index (χ4n) is 0.870. The maximum Gasteiger partial charge on any atom is 0.253 e. The standard InChI is InChI=1S/C7H14NO6P/c9-6(10)1-3-8-5-15(13,14)4-2-7(11)12/h8H,1-5H2,(H,9,10)(H,11,12)(H,13,14)/p-1. The summed E-state index contributed by atoms with van der Waals surface area (Å²) in [6.07, 6.45) is -1.21. The monoisotopic (exact) mass is 238 g/mol. The average molecular weight is 238 g/mol. The molecule has 1 atom stereocenters. The van der Waals surface area contributed by atoms with Crippen molar-refractivity contribution < 1.29 is 34.6 Å². The third kappa shape index (κ3) is 9.40. The van der Waals surface area contributed by atoms with Crippen LogP contribution in [0.3, 0.4) is 0 Å². The predicted molar refractivity (Wildman–Crippen MR) is 45.6 cm³/mol. The van der Waals surface area contributed by atoms with Crippen molar-refractivity contribution >= 4 is 19.3 Å². The predicted octanol–water partition coefficient (Wildman–Crippen LogP) is -3.94. The van der Waals surface area contributed by atoms with Crippen molar-refractivity contribution in [1.29, 1.82) is 0 Å². The van der Waals surface area contributed by atoms with Crippen LogP contribution in [0.2, 0.25) is 0 Å². The highest BCUT2D eigenvalue weighted by Crippen LogP contribution is 2.37. The number of nitrogens with two attached hydrogens (primary N) is 1. The van der Waals surface area contributed by atoms with E-state index in [0.29, 0.717) is 0 Å². The van der Waals surface area contributed by atoms with Crippen LogP contribution in [0.1, 0.15) is 12.8 Å². The largest absolute Gasteiger partial charge is 0.550 e. The molecule has 15 heavy (non-hydrogen) atoms. The molecule has 0 aromatic carbocycles. The molecule has 0 aliphatic carbocycles. The quantitative estimate of drug-likeness (QED) is 0.327. The van der Waals surface area contributed by atoms with Gasteiger partial charge in [0.25, 0.3) is 7.37 Å². The molecule has 3 N–H and O–H groups in total. The van der Waals surface area contributed by atoms with E-state index in [1.165, 1.54) is 5.32 Å².